The highest BCUT2D eigenvalue weighted by Crippen LogP contribution is 2.23. The summed E-state index contributed by atoms with van der Waals surface area (Å²) in [7, 11) is 0. The van der Waals surface area contributed by atoms with Gasteiger partial charge in [-0.05, 0) is 19.4 Å². The van der Waals surface area contributed by atoms with Crippen LogP contribution in [0.5, 0.6) is 0 Å². The third kappa shape index (κ3) is 1.95. The normalized spacial score (nSPS) is 28.6. The molecule has 2 N–H and O–H groups in total. The van der Waals surface area contributed by atoms with E-state index in [1.165, 1.54) is 0 Å². The predicted molar refractivity (Wildman–Crippen MR) is 61.8 cm³/mol. The standard InChI is InChI=1S/C11H15N3O3/c1-6-9(5-15)13-7(2)14-4-8(11(16)17)12-3-10(6)14/h5,8-9,12H,3-4H2,1-2H3,(H,16,17)/t8?,9-/m0/s1. The summed E-state index contributed by atoms with van der Waals surface area (Å²) < 4.78 is 0. The van der Waals surface area contributed by atoms with Gasteiger partial charge in [-0.3, -0.25) is 15.1 Å². The molecule has 1 unspecified atom stereocenters. The Balaban J connectivity index is 2.29. The first-order chi connectivity index (χ1) is 8.04. The number of hydrogen-bond acceptors (Lipinski definition) is 5. The maximum absolute atomic E-state index is 10.9. The Morgan fingerprint density at radius 2 is 2.29 bits per heavy atom. The molecule has 2 rings (SSSR count). The van der Waals surface area contributed by atoms with Gasteiger partial charge in [0.2, 0.25) is 0 Å². The van der Waals surface area contributed by atoms with Crippen LogP contribution in [0.3, 0.4) is 0 Å². The number of carboxylic acids is 1. The molecule has 0 amide bonds. The molecule has 2 aliphatic heterocycles. The van der Waals surface area contributed by atoms with E-state index in [-0.39, 0.29) is 0 Å². The second kappa shape index (κ2) is 4.29. The van der Waals surface area contributed by atoms with Gasteiger partial charge in [0.15, 0.2) is 0 Å². The molecule has 2 atom stereocenters. The summed E-state index contributed by atoms with van der Waals surface area (Å²) in [6.07, 6.45) is 0.812. The average Bonchev–Trinajstić information content (AvgIpc) is 2.33. The molecule has 6 heteroatoms. The Kier molecular flexibility index (Phi) is 2.97. The van der Waals surface area contributed by atoms with E-state index in [1.54, 1.807) is 6.92 Å². The monoisotopic (exact) mass is 237 g/mol. The number of amidine groups is 1. The summed E-state index contributed by atoms with van der Waals surface area (Å²) in [4.78, 5) is 28.0. The minimum atomic E-state index is -0.869. The van der Waals surface area contributed by atoms with Gasteiger partial charge in [0.05, 0.1) is 6.54 Å². The zero-order valence-electron chi connectivity index (χ0n) is 9.80. The van der Waals surface area contributed by atoms with Gasteiger partial charge < -0.3 is 14.8 Å². The van der Waals surface area contributed by atoms with Gasteiger partial charge in [-0.2, -0.15) is 0 Å². The molecule has 2 heterocycles. The Morgan fingerprint density at radius 1 is 1.59 bits per heavy atom. The lowest BCUT2D eigenvalue weighted by Crippen LogP contribution is -2.56. The molecule has 92 valence electrons. The van der Waals surface area contributed by atoms with Crippen molar-refractivity contribution in [2.24, 2.45) is 4.99 Å². The van der Waals surface area contributed by atoms with E-state index in [0.29, 0.717) is 18.9 Å². The Labute approximate surface area is 99.0 Å². The summed E-state index contributed by atoms with van der Waals surface area (Å²) in [5.41, 5.74) is 1.86. The predicted octanol–water partition coefficient (Wildman–Crippen LogP) is -0.382. The number of nitrogens with zero attached hydrogens (tertiary/aromatic N) is 2. The molecular formula is C11H15N3O3. The van der Waals surface area contributed by atoms with Crippen molar-refractivity contribution in [3.63, 3.8) is 0 Å². The molecule has 0 aromatic heterocycles. The zero-order valence-corrected chi connectivity index (χ0v) is 9.80. The van der Waals surface area contributed by atoms with Crippen LogP contribution in [0.4, 0.5) is 0 Å². The van der Waals surface area contributed by atoms with Crippen molar-refractivity contribution < 1.29 is 14.7 Å². The van der Waals surface area contributed by atoms with Gasteiger partial charge in [-0.25, -0.2) is 0 Å². The SMILES string of the molecule is CC1=N[C@@H](C=O)C(C)=C2CNC(C(=O)O)CN12. The van der Waals surface area contributed by atoms with Crippen LogP contribution in [0.25, 0.3) is 0 Å². The lowest BCUT2D eigenvalue weighted by Gasteiger charge is -2.39. The highest BCUT2D eigenvalue weighted by atomic mass is 16.4. The number of carboxylic acid groups (broad SMARTS) is 1. The van der Waals surface area contributed by atoms with Crippen LogP contribution in [-0.2, 0) is 9.59 Å². The number of rotatable bonds is 2. The average molecular weight is 237 g/mol. The number of aldehydes is 1. The number of aliphatic carboxylic acids is 1. The maximum Gasteiger partial charge on any atom is 0.322 e. The first-order valence-electron chi connectivity index (χ1n) is 5.47. The number of aliphatic imine (C=N–C) groups is 1. The van der Waals surface area contributed by atoms with E-state index in [1.807, 2.05) is 11.8 Å². The van der Waals surface area contributed by atoms with Gasteiger partial charge >= 0.3 is 5.97 Å². The lowest BCUT2D eigenvalue weighted by molar-refractivity contribution is -0.140. The van der Waals surface area contributed by atoms with Crippen LogP contribution in [0.2, 0.25) is 0 Å². The van der Waals surface area contributed by atoms with E-state index >= 15 is 0 Å². The Bertz CT molecular complexity index is 428. The van der Waals surface area contributed by atoms with E-state index < -0.39 is 18.1 Å². The third-order valence-electron chi connectivity index (χ3n) is 3.25. The molecule has 6 nitrogen and oxygen atoms in total. The van der Waals surface area contributed by atoms with Crippen molar-refractivity contribution in [1.29, 1.82) is 0 Å². The first-order valence-corrected chi connectivity index (χ1v) is 5.47. The zero-order chi connectivity index (χ0) is 12.6. The minimum Gasteiger partial charge on any atom is -0.480 e. The lowest BCUT2D eigenvalue weighted by atomic mass is 10.0. The van der Waals surface area contributed by atoms with Gasteiger partial charge in [0.1, 0.15) is 24.2 Å². The van der Waals surface area contributed by atoms with Crippen molar-refractivity contribution in [2.75, 3.05) is 13.1 Å². The molecule has 0 spiro atoms. The molecule has 0 aromatic rings. The van der Waals surface area contributed by atoms with E-state index in [4.69, 9.17) is 5.11 Å². The van der Waals surface area contributed by atoms with Crippen LogP contribution in [-0.4, -0.2) is 53.3 Å². The molecule has 0 saturated carbocycles. The largest absolute Gasteiger partial charge is 0.480 e. The van der Waals surface area contributed by atoms with Gasteiger partial charge in [0.25, 0.3) is 0 Å². The number of piperazine rings is 1. The first kappa shape index (κ1) is 11.8. The Morgan fingerprint density at radius 3 is 2.88 bits per heavy atom. The van der Waals surface area contributed by atoms with Crippen molar-refractivity contribution in [2.45, 2.75) is 25.9 Å². The molecule has 0 aliphatic carbocycles. The van der Waals surface area contributed by atoms with Gasteiger partial charge in [0, 0.05) is 12.2 Å². The molecule has 0 aromatic carbocycles. The van der Waals surface area contributed by atoms with E-state index in [0.717, 1.165) is 17.6 Å². The molecule has 0 radical (unpaired) electrons. The molecule has 0 bridgehead atoms. The fourth-order valence-electron chi connectivity index (χ4n) is 2.19. The number of fused-ring (bicyclic) bond motifs is 1. The molecule has 1 fully saturated rings. The summed E-state index contributed by atoms with van der Waals surface area (Å²) in [5, 5.41) is 11.9. The quantitative estimate of drug-likeness (QED) is 0.640. The van der Waals surface area contributed by atoms with Crippen molar-refractivity contribution in [3.8, 4) is 0 Å². The van der Waals surface area contributed by atoms with E-state index in [9.17, 15) is 9.59 Å². The highest BCUT2D eigenvalue weighted by Gasteiger charge is 2.33. The number of carbonyl (C=O) groups excluding carboxylic acids is 1. The summed E-state index contributed by atoms with van der Waals surface area (Å²) in [5.74, 6) is -0.164. The topological polar surface area (TPSA) is 82.0 Å². The molecule has 17 heavy (non-hydrogen) atoms. The number of hydrogen-bond donors (Lipinski definition) is 2. The fraction of sp³-hybridized carbons (Fsp3) is 0.545. The second-order valence-corrected chi connectivity index (χ2v) is 4.27. The fourth-order valence-corrected chi connectivity index (χ4v) is 2.19. The third-order valence-corrected chi connectivity index (χ3v) is 3.25. The van der Waals surface area contributed by atoms with Gasteiger partial charge in [-0.15, -0.1) is 0 Å². The van der Waals surface area contributed by atoms with Crippen molar-refractivity contribution in [1.82, 2.24) is 10.2 Å². The van der Waals surface area contributed by atoms with Crippen LogP contribution >= 0.6 is 0 Å². The van der Waals surface area contributed by atoms with Crippen molar-refractivity contribution in [3.05, 3.63) is 11.3 Å². The maximum atomic E-state index is 10.9. The van der Waals surface area contributed by atoms with Crippen LogP contribution in [0.15, 0.2) is 16.3 Å². The van der Waals surface area contributed by atoms with E-state index in [2.05, 4.69) is 10.3 Å². The molecule has 2 aliphatic rings. The number of carbonyl (C=O) groups is 2. The number of nitrogens with one attached hydrogen (secondary N) is 1. The smallest absolute Gasteiger partial charge is 0.322 e. The van der Waals surface area contributed by atoms with Crippen molar-refractivity contribution >= 4 is 18.1 Å². The van der Waals surface area contributed by atoms with Crippen LogP contribution < -0.4 is 5.32 Å². The molecular weight excluding hydrogens is 222 g/mol. The highest BCUT2D eigenvalue weighted by molar-refractivity contribution is 5.87. The molecule has 1 saturated heterocycles. The Hall–Kier alpha value is -1.69. The summed E-state index contributed by atoms with van der Waals surface area (Å²) in [6.45, 7) is 4.47. The van der Waals surface area contributed by atoms with Crippen LogP contribution in [0.1, 0.15) is 13.8 Å². The second-order valence-electron chi connectivity index (χ2n) is 4.27. The summed E-state index contributed by atoms with van der Waals surface area (Å²) in [6, 6.07) is -1.02. The van der Waals surface area contributed by atoms with Crippen LogP contribution in [0, 0.1) is 0 Å². The minimum absolute atomic E-state index is 0.350. The summed E-state index contributed by atoms with van der Waals surface area (Å²) >= 11 is 0. The van der Waals surface area contributed by atoms with Gasteiger partial charge in [-0.1, -0.05) is 0 Å².